The van der Waals surface area contributed by atoms with Crippen LogP contribution >= 0.6 is 46.0 Å². The summed E-state index contributed by atoms with van der Waals surface area (Å²) in [5, 5.41) is 1.11. The first-order chi connectivity index (χ1) is 5.27. The Morgan fingerprint density at radius 2 is 2.36 bits per heavy atom. The number of rotatable bonds is 1. The van der Waals surface area contributed by atoms with E-state index >= 15 is 0 Å². The van der Waals surface area contributed by atoms with E-state index in [1.165, 1.54) is 9.75 Å². The zero-order valence-corrected chi connectivity index (χ0v) is 10.1. The fourth-order valence-corrected chi connectivity index (χ4v) is 3.21. The van der Waals surface area contributed by atoms with Crippen molar-refractivity contribution in [1.82, 2.24) is 0 Å². The molecule has 0 saturated heterocycles. The van der Waals surface area contributed by atoms with Gasteiger partial charge in [-0.3, -0.25) is 0 Å². The van der Waals surface area contributed by atoms with Gasteiger partial charge in [0.25, 0.3) is 0 Å². The van der Waals surface area contributed by atoms with Gasteiger partial charge in [0.2, 0.25) is 0 Å². The monoisotopic (exact) mass is 297 g/mol. The highest BCUT2D eigenvalue weighted by molar-refractivity contribution is 14.1. The van der Waals surface area contributed by atoms with E-state index in [4.69, 9.17) is 0 Å². The second-order valence-corrected chi connectivity index (χ2v) is 4.57. The molecule has 1 rings (SSSR count). The molecule has 0 amide bonds. The summed E-state index contributed by atoms with van der Waals surface area (Å²) in [6.45, 7) is 2.11. The zero-order valence-electron chi connectivity index (χ0n) is 6.30. The number of hydrogen-bond acceptors (Lipinski definition) is 3. The Labute approximate surface area is 88.8 Å². The van der Waals surface area contributed by atoms with Crippen molar-refractivity contribution < 1.29 is 0 Å². The molecule has 1 heterocycles. The minimum Gasteiger partial charge on any atom is -0.207 e. The molecule has 0 N–H and O–H groups in total. The van der Waals surface area contributed by atoms with E-state index in [0.29, 0.717) is 0 Å². The summed E-state index contributed by atoms with van der Waals surface area (Å²) in [6.07, 6.45) is 2.05. The third-order valence-corrected chi connectivity index (χ3v) is 3.87. The maximum absolute atomic E-state index is 4.15. The van der Waals surface area contributed by atoms with Crippen LogP contribution in [-0.4, -0.2) is 11.3 Å². The van der Waals surface area contributed by atoms with Gasteiger partial charge >= 0.3 is 0 Å². The highest BCUT2D eigenvalue weighted by Gasteiger charge is 2.02. The van der Waals surface area contributed by atoms with Crippen LogP contribution in [0.25, 0.3) is 0 Å². The Morgan fingerprint density at radius 3 is 2.73 bits per heavy atom. The SMILES string of the molecule is CS/C(=N\I)c1ccc(C)s1. The third-order valence-electron chi connectivity index (χ3n) is 1.22. The molecule has 0 unspecified atom stereocenters. The summed E-state index contributed by atoms with van der Waals surface area (Å²) in [5.74, 6) is 0. The van der Waals surface area contributed by atoms with Crippen molar-refractivity contribution in [3.8, 4) is 0 Å². The second kappa shape index (κ2) is 4.47. The normalized spacial score (nSPS) is 12.1. The first kappa shape index (κ1) is 9.54. The molecule has 60 valence electrons. The minimum absolute atomic E-state index is 1.11. The number of thioether (sulfide) groups is 1. The predicted molar refractivity (Wildman–Crippen MR) is 63.1 cm³/mol. The van der Waals surface area contributed by atoms with Crippen LogP contribution in [0.1, 0.15) is 9.75 Å². The molecule has 4 heteroatoms. The maximum atomic E-state index is 4.15. The predicted octanol–water partition coefficient (Wildman–Crippen LogP) is 3.52. The van der Waals surface area contributed by atoms with Gasteiger partial charge in [-0.2, -0.15) is 0 Å². The highest BCUT2D eigenvalue weighted by Crippen LogP contribution is 2.21. The number of hydrogen-bond donors (Lipinski definition) is 0. The molecule has 0 radical (unpaired) electrons. The van der Waals surface area contributed by atoms with Crippen molar-refractivity contribution in [3.05, 3.63) is 21.9 Å². The molecule has 0 bridgehead atoms. The summed E-state index contributed by atoms with van der Waals surface area (Å²) < 4.78 is 4.15. The molecule has 0 aromatic carbocycles. The summed E-state index contributed by atoms with van der Waals surface area (Å²) in [6, 6.07) is 4.24. The molecule has 0 aliphatic rings. The van der Waals surface area contributed by atoms with Crippen molar-refractivity contribution in [2.75, 3.05) is 6.26 Å². The van der Waals surface area contributed by atoms with Crippen molar-refractivity contribution in [2.24, 2.45) is 3.21 Å². The summed E-state index contributed by atoms with van der Waals surface area (Å²) in [4.78, 5) is 2.61. The standard InChI is InChI=1S/C7H8INS2/c1-5-3-4-6(11-5)7(9-8)10-2/h3-4H,1-2H3/b9-7-. The van der Waals surface area contributed by atoms with Gasteiger partial charge in [-0.05, 0) is 25.3 Å². The molecule has 1 aromatic heterocycles. The lowest BCUT2D eigenvalue weighted by Crippen LogP contribution is -1.86. The molecule has 1 aromatic rings. The fourth-order valence-electron chi connectivity index (χ4n) is 0.726. The van der Waals surface area contributed by atoms with Crippen molar-refractivity contribution in [3.63, 3.8) is 0 Å². The van der Waals surface area contributed by atoms with Crippen LogP contribution < -0.4 is 0 Å². The molecular formula is C7H8INS2. The van der Waals surface area contributed by atoms with E-state index in [1.54, 1.807) is 23.1 Å². The van der Waals surface area contributed by atoms with E-state index in [2.05, 4.69) is 22.3 Å². The Kier molecular flexibility index (Phi) is 3.88. The Hall–Kier alpha value is 0.450. The van der Waals surface area contributed by atoms with Crippen LogP contribution in [0.3, 0.4) is 0 Å². The molecule has 0 aliphatic carbocycles. The Bertz CT molecular complexity index is 267. The number of aryl methyl sites for hydroxylation is 1. The van der Waals surface area contributed by atoms with E-state index < -0.39 is 0 Å². The van der Waals surface area contributed by atoms with Gasteiger partial charge in [0, 0.05) is 4.88 Å². The molecule has 0 saturated carbocycles. The number of halogens is 1. The van der Waals surface area contributed by atoms with Crippen LogP contribution in [0.4, 0.5) is 0 Å². The Morgan fingerprint density at radius 1 is 1.64 bits per heavy atom. The van der Waals surface area contributed by atoms with Gasteiger partial charge in [0.1, 0.15) is 5.04 Å². The number of thiophene rings is 1. The fraction of sp³-hybridized carbons (Fsp3) is 0.286. The number of nitrogens with zero attached hydrogens (tertiary/aromatic N) is 1. The van der Waals surface area contributed by atoms with Gasteiger partial charge < -0.3 is 0 Å². The van der Waals surface area contributed by atoms with Crippen LogP contribution in [0.15, 0.2) is 15.3 Å². The lowest BCUT2D eigenvalue weighted by molar-refractivity contribution is 1.64. The van der Waals surface area contributed by atoms with E-state index in [0.717, 1.165) is 5.04 Å². The van der Waals surface area contributed by atoms with Crippen LogP contribution in [0.2, 0.25) is 0 Å². The molecular weight excluding hydrogens is 289 g/mol. The first-order valence-corrected chi connectivity index (χ1v) is 6.08. The largest absolute Gasteiger partial charge is 0.207 e. The minimum atomic E-state index is 1.11. The molecule has 0 spiro atoms. The van der Waals surface area contributed by atoms with Crippen LogP contribution in [0, 0.1) is 6.92 Å². The van der Waals surface area contributed by atoms with E-state index in [-0.39, 0.29) is 0 Å². The van der Waals surface area contributed by atoms with Gasteiger partial charge in [-0.25, -0.2) is 3.21 Å². The lowest BCUT2D eigenvalue weighted by Gasteiger charge is -1.93. The van der Waals surface area contributed by atoms with Gasteiger partial charge in [0.05, 0.1) is 27.7 Å². The highest BCUT2D eigenvalue weighted by atomic mass is 127. The molecule has 11 heavy (non-hydrogen) atoms. The average Bonchev–Trinajstić information content (AvgIpc) is 2.39. The van der Waals surface area contributed by atoms with E-state index in [9.17, 15) is 0 Å². The first-order valence-electron chi connectivity index (χ1n) is 3.07. The summed E-state index contributed by atoms with van der Waals surface area (Å²) in [5.41, 5.74) is 0. The van der Waals surface area contributed by atoms with Crippen molar-refractivity contribution in [2.45, 2.75) is 6.92 Å². The smallest absolute Gasteiger partial charge is 0.120 e. The molecule has 1 nitrogen and oxygen atoms in total. The van der Waals surface area contributed by atoms with Gasteiger partial charge in [-0.1, -0.05) is 0 Å². The lowest BCUT2D eigenvalue weighted by atomic mass is 10.4. The Balaban J connectivity index is 2.91. The van der Waals surface area contributed by atoms with Gasteiger partial charge in [-0.15, -0.1) is 23.1 Å². The third kappa shape index (κ3) is 2.45. The van der Waals surface area contributed by atoms with Crippen LogP contribution in [0.5, 0.6) is 0 Å². The summed E-state index contributed by atoms with van der Waals surface area (Å²) in [7, 11) is 0. The molecule has 0 fully saturated rings. The van der Waals surface area contributed by atoms with Crippen LogP contribution in [-0.2, 0) is 0 Å². The molecule has 0 aliphatic heterocycles. The topological polar surface area (TPSA) is 12.4 Å². The average molecular weight is 297 g/mol. The maximum Gasteiger partial charge on any atom is 0.120 e. The second-order valence-electron chi connectivity index (χ2n) is 2.00. The van der Waals surface area contributed by atoms with Crippen molar-refractivity contribution in [1.29, 1.82) is 0 Å². The summed E-state index contributed by atoms with van der Waals surface area (Å²) >= 11 is 5.51. The van der Waals surface area contributed by atoms with Crippen molar-refractivity contribution >= 4 is 51.0 Å². The van der Waals surface area contributed by atoms with Gasteiger partial charge in [0.15, 0.2) is 0 Å². The molecule has 0 atom stereocenters. The zero-order chi connectivity index (χ0) is 8.27. The quantitative estimate of drug-likeness (QED) is 0.439. The van der Waals surface area contributed by atoms with E-state index in [1.807, 2.05) is 29.1 Å².